The molecule has 3 rings (SSSR count). The van der Waals surface area contributed by atoms with E-state index in [4.69, 9.17) is 10.2 Å². The maximum atomic E-state index is 12.2. The Morgan fingerprint density at radius 3 is 2.81 bits per heavy atom. The molecule has 0 spiro atoms. The Morgan fingerprint density at radius 2 is 2.05 bits per heavy atom. The monoisotopic (exact) mass is 283 g/mol. The highest BCUT2D eigenvalue weighted by Gasteiger charge is 2.09. The van der Waals surface area contributed by atoms with Crippen LogP contribution in [-0.2, 0) is 0 Å². The van der Waals surface area contributed by atoms with Crippen molar-refractivity contribution in [1.82, 2.24) is 4.98 Å². The average Bonchev–Trinajstić information content (AvgIpc) is 2.81. The van der Waals surface area contributed by atoms with Gasteiger partial charge in [-0.25, -0.2) is 4.79 Å². The number of amides is 1. The van der Waals surface area contributed by atoms with Crippen molar-refractivity contribution in [3.8, 4) is 0 Å². The number of rotatable bonds is 2. The van der Waals surface area contributed by atoms with E-state index in [1.807, 2.05) is 6.92 Å². The summed E-state index contributed by atoms with van der Waals surface area (Å²) in [6, 6.07) is 10.0. The zero-order valence-corrected chi connectivity index (χ0v) is 11.3. The third kappa shape index (κ3) is 2.51. The van der Waals surface area contributed by atoms with Gasteiger partial charge in [-0.05, 0) is 48.9 Å². The molecule has 1 aromatic heterocycles. The second-order valence-corrected chi connectivity index (χ2v) is 4.75. The average molecular weight is 283 g/mol. The summed E-state index contributed by atoms with van der Waals surface area (Å²) in [7, 11) is 0. The number of oxazole rings is 1. The lowest BCUT2D eigenvalue weighted by Crippen LogP contribution is -2.12. The maximum absolute atomic E-state index is 12.2. The van der Waals surface area contributed by atoms with Gasteiger partial charge in [-0.15, -0.1) is 0 Å². The number of hydrogen-bond acceptors (Lipinski definition) is 4. The van der Waals surface area contributed by atoms with E-state index < -0.39 is 5.76 Å². The van der Waals surface area contributed by atoms with Crippen LogP contribution in [0.25, 0.3) is 11.1 Å². The Balaban J connectivity index is 1.88. The quantitative estimate of drug-likeness (QED) is 0.628. The highest BCUT2D eigenvalue weighted by Crippen LogP contribution is 2.18. The van der Waals surface area contributed by atoms with Crippen LogP contribution in [0.1, 0.15) is 15.9 Å². The second kappa shape index (κ2) is 4.82. The summed E-state index contributed by atoms with van der Waals surface area (Å²) in [5.41, 5.74) is 9.28. The summed E-state index contributed by atoms with van der Waals surface area (Å²) in [5, 5.41) is 2.76. The van der Waals surface area contributed by atoms with E-state index in [1.165, 1.54) is 0 Å². The minimum atomic E-state index is -0.525. The number of aromatic nitrogens is 1. The van der Waals surface area contributed by atoms with Crippen LogP contribution in [-0.4, -0.2) is 10.9 Å². The third-order valence-corrected chi connectivity index (χ3v) is 3.21. The summed E-state index contributed by atoms with van der Waals surface area (Å²) in [6.45, 7) is 1.84. The van der Waals surface area contributed by atoms with E-state index in [2.05, 4.69) is 10.3 Å². The Labute approximate surface area is 119 Å². The first kappa shape index (κ1) is 13.0. The van der Waals surface area contributed by atoms with E-state index in [0.717, 1.165) is 5.56 Å². The number of H-pyrrole nitrogens is 1. The predicted octanol–water partition coefficient (Wildman–Crippen LogP) is 2.26. The number of anilines is 2. The number of nitrogens with one attached hydrogen (secondary N) is 2. The van der Waals surface area contributed by atoms with Gasteiger partial charge in [0.15, 0.2) is 5.58 Å². The predicted molar refractivity (Wildman–Crippen MR) is 80.4 cm³/mol. The Hall–Kier alpha value is -3.02. The van der Waals surface area contributed by atoms with Crippen molar-refractivity contribution in [2.24, 2.45) is 0 Å². The Kier molecular flexibility index (Phi) is 2.98. The molecular weight excluding hydrogens is 270 g/mol. The first-order valence-corrected chi connectivity index (χ1v) is 6.33. The van der Waals surface area contributed by atoms with Crippen LogP contribution in [0.3, 0.4) is 0 Å². The van der Waals surface area contributed by atoms with Gasteiger partial charge in [-0.3, -0.25) is 9.78 Å². The van der Waals surface area contributed by atoms with Crippen LogP contribution in [0.15, 0.2) is 45.6 Å². The molecule has 0 atom stereocenters. The molecule has 4 N–H and O–H groups in total. The fraction of sp³-hybridized carbons (Fsp3) is 0.0667. The SMILES string of the molecule is Cc1cc(C(=O)Nc2ccc3oc(=O)[nH]c3c2)ccc1N. The smallest absolute Gasteiger partial charge is 0.408 e. The van der Waals surface area contributed by atoms with Crippen molar-refractivity contribution < 1.29 is 9.21 Å². The number of fused-ring (bicyclic) bond motifs is 1. The highest BCUT2D eigenvalue weighted by atomic mass is 16.4. The minimum Gasteiger partial charge on any atom is -0.408 e. The first-order chi connectivity index (χ1) is 10.0. The molecular formula is C15H13N3O3. The van der Waals surface area contributed by atoms with E-state index in [-0.39, 0.29) is 5.91 Å². The molecule has 6 nitrogen and oxygen atoms in total. The summed E-state index contributed by atoms with van der Waals surface area (Å²) in [4.78, 5) is 25.8. The van der Waals surface area contributed by atoms with Gasteiger partial charge in [0, 0.05) is 16.9 Å². The van der Waals surface area contributed by atoms with Crippen LogP contribution in [0.5, 0.6) is 0 Å². The molecule has 0 bridgehead atoms. The molecule has 0 aliphatic heterocycles. The number of benzene rings is 2. The molecule has 0 saturated carbocycles. The molecule has 0 saturated heterocycles. The van der Waals surface area contributed by atoms with Gasteiger partial charge in [0.05, 0.1) is 5.52 Å². The van der Waals surface area contributed by atoms with Crippen molar-refractivity contribution in [3.05, 3.63) is 58.1 Å². The summed E-state index contributed by atoms with van der Waals surface area (Å²) >= 11 is 0. The summed E-state index contributed by atoms with van der Waals surface area (Å²) in [6.07, 6.45) is 0. The lowest BCUT2D eigenvalue weighted by Gasteiger charge is -2.07. The lowest BCUT2D eigenvalue weighted by atomic mass is 10.1. The van der Waals surface area contributed by atoms with Gasteiger partial charge in [0.25, 0.3) is 5.91 Å². The zero-order chi connectivity index (χ0) is 15.0. The third-order valence-electron chi connectivity index (χ3n) is 3.21. The highest BCUT2D eigenvalue weighted by molar-refractivity contribution is 6.05. The van der Waals surface area contributed by atoms with E-state index >= 15 is 0 Å². The van der Waals surface area contributed by atoms with Crippen molar-refractivity contribution in [2.45, 2.75) is 6.92 Å². The summed E-state index contributed by atoms with van der Waals surface area (Å²) < 4.78 is 4.90. The Bertz CT molecular complexity index is 893. The fourth-order valence-corrected chi connectivity index (χ4v) is 2.05. The zero-order valence-electron chi connectivity index (χ0n) is 11.3. The van der Waals surface area contributed by atoms with Gasteiger partial charge in [-0.2, -0.15) is 0 Å². The number of carbonyl (C=O) groups excluding carboxylic acids is 1. The number of aryl methyl sites for hydroxylation is 1. The molecule has 1 heterocycles. The minimum absolute atomic E-state index is 0.247. The Morgan fingerprint density at radius 1 is 1.24 bits per heavy atom. The molecule has 2 aromatic carbocycles. The number of carbonyl (C=O) groups is 1. The van der Waals surface area contributed by atoms with Crippen molar-refractivity contribution >= 4 is 28.4 Å². The number of hydrogen-bond donors (Lipinski definition) is 3. The van der Waals surface area contributed by atoms with Crippen LogP contribution < -0.4 is 16.8 Å². The molecule has 0 aliphatic carbocycles. The maximum Gasteiger partial charge on any atom is 0.417 e. The number of nitrogens with two attached hydrogens (primary N) is 1. The molecule has 0 radical (unpaired) electrons. The standard InChI is InChI=1S/C15H13N3O3/c1-8-6-9(2-4-11(8)16)14(19)17-10-3-5-13-12(7-10)18-15(20)21-13/h2-7H,16H2,1H3,(H,17,19)(H,18,20). The largest absolute Gasteiger partial charge is 0.417 e. The molecule has 21 heavy (non-hydrogen) atoms. The molecule has 3 aromatic rings. The van der Waals surface area contributed by atoms with Gasteiger partial charge < -0.3 is 15.5 Å². The van der Waals surface area contributed by atoms with Crippen LogP contribution in [0, 0.1) is 6.92 Å². The van der Waals surface area contributed by atoms with E-state index in [9.17, 15) is 9.59 Å². The van der Waals surface area contributed by atoms with Gasteiger partial charge in [0.1, 0.15) is 0 Å². The van der Waals surface area contributed by atoms with Crippen molar-refractivity contribution in [3.63, 3.8) is 0 Å². The lowest BCUT2D eigenvalue weighted by molar-refractivity contribution is 0.102. The van der Waals surface area contributed by atoms with Gasteiger partial charge in [0.2, 0.25) is 0 Å². The van der Waals surface area contributed by atoms with Gasteiger partial charge >= 0.3 is 5.76 Å². The second-order valence-electron chi connectivity index (χ2n) is 4.75. The molecule has 0 fully saturated rings. The molecule has 1 amide bonds. The molecule has 0 aliphatic rings. The van der Waals surface area contributed by atoms with Crippen molar-refractivity contribution in [1.29, 1.82) is 0 Å². The number of nitrogen functional groups attached to an aromatic ring is 1. The van der Waals surface area contributed by atoms with E-state index in [1.54, 1.807) is 36.4 Å². The molecule has 0 unspecified atom stereocenters. The van der Waals surface area contributed by atoms with Crippen LogP contribution in [0.2, 0.25) is 0 Å². The normalized spacial score (nSPS) is 10.7. The first-order valence-electron chi connectivity index (χ1n) is 6.33. The topological polar surface area (TPSA) is 101 Å². The van der Waals surface area contributed by atoms with Gasteiger partial charge in [-0.1, -0.05) is 0 Å². The molecule has 106 valence electrons. The van der Waals surface area contributed by atoms with E-state index in [0.29, 0.717) is 28.0 Å². The van der Waals surface area contributed by atoms with Crippen LogP contribution >= 0.6 is 0 Å². The fourth-order valence-electron chi connectivity index (χ4n) is 2.05. The van der Waals surface area contributed by atoms with Crippen molar-refractivity contribution in [2.75, 3.05) is 11.1 Å². The molecule has 6 heteroatoms. The summed E-state index contributed by atoms with van der Waals surface area (Å²) in [5.74, 6) is -0.772. The van der Waals surface area contributed by atoms with Crippen LogP contribution in [0.4, 0.5) is 11.4 Å². The number of aromatic amines is 1.